The van der Waals surface area contributed by atoms with E-state index < -0.39 is 6.10 Å². The van der Waals surface area contributed by atoms with E-state index in [4.69, 9.17) is 4.42 Å². The molecule has 0 saturated heterocycles. The molecule has 1 atom stereocenters. The monoisotopic (exact) mass is 238 g/mol. The highest BCUT2D eigenvalue weighted by Crippen LogP contribution is 2.29. The minimum absolute atomic E-state index is 0.588. The van der Waals surface area contributed by atoms with Gasteiger partial charge in [0.25, 0.3) is 0 Å². The number of aliphatic hydroxyl groups is 1. The zero-order valence-electron chi connectivity index (χ0n) is 10.1. The number of hydrogen-bond donors (Lipinski definition) is 1. The molecule has 0 bridgehead atoms. The number of para-hydroxylation sites is 1. The first-order chi connectivity index (χ1) is 8.75. The summed E-state index contributed by atoms with van der Waals surface area (Å²) in [5.41, 5.74) is 2.77. The fraction of sp³-hybridized carbons (Fsp3) is 0.125. The molecule has 1 aromatic heterocycles. The summed E-state index contributed by atoms with van der Waals surface area (Å²) in [7, 11) is 0. The Hall–Kier alpha value is -2.06. The second-order valence-corrected chi connectivity index (χ2v) is 4.46. The zero-order chi connectivity index (χ0) is 12.5. The van der Waals surface area contributed by atoms with Crippen molar-refractivity contribution >= 4 is 11.0 Å². The van der Waals surface area contributed by atoms with E-state index in [1.54, 1.807) is 0 Å². The number of rotatable bonds is 2. The Morgan fingerprint density at radius 3 is 2.50 bits per heavy atom. The van der Waals surface area contributed by atoms with Crippen molar-refractivity contribution in [2.24, 2.45) is 0 Å². The first kappa shape index (κ1) is 11.1. The smallest absolute Gasteiger partial charge is 0.138 e. The van der Waals surface area contributed by atoms with Gasteiger partial charge in [0.05, 0.1) is 0 Å². The lowest BCUT2D eigenvalue weighted by molar-refractivity contribution is 0.192. The van der Waals surface area contributed by atoms with Gasteiger partial charge in [-0.1, -0.05) is 48.5 Å². The summed E-state index contributed by atoms with van der Waals surface area (Å²) in [6.45, 7) is 2.00. The first-order valence-corrected chi connectivity index (χ1v) is 5.98. The molecule has 0 fully saturated rings. The fourth-order valence-electron chi connectivity index (χ4n) is 2.16. The SMILES string of the molecule is Cc1cccc2cc(C(O)c3ccccc3)oc12. The van der Waals surface area contributed by atoms with Crippen LogP contribution in [-0.2, 0) is 0 Å². The Labute approximate surface area is 105 Å². The van der Waals surface area contributed by atoms with Crippen LogP contribution in [-0.4, -0.2) is 5.11 Å². The van der Waals surface area contributed by atoms with Crippen molar-refractivity contribution < 1.29 is 9.52 Å². The quantitative estimate of drug-likeness (QED) is 0.736. The van der Waals surface area contributed by atoms with Gasteiger partial charge in [0.1, 0.15) is 17.4 Å². The van der Waals surface area contributed by atoms with Crippen molar-refractivity contribution in [1.29, 1.82) is 0 Å². The van der Waals surface area contributed by atoms with Crippen molar-refractivity contribution in [3.63, 3.8) is 0 Å². The van der Waals surface area contributed by atoms with E-state index in [0.717, 1.165) is 22.1 Å². The number of fused-ring (bicyclic) bond motifs is 1. The van der Waals surface area contributed by atoms with Gasteiger partial charge in [-0.05, 0) is 24.1 Å². The Bertz CT molecular complexity index is 668. The summed E-state index contributed by atoms with van der Waals surface area (Å²) in [5.74, 6) is 0.588. The molecular formula is C16H14O2. The molecule has 0 aliphatic rings. The molecule has 2 aromatic carbocycles. The molecule has 3 rings (SSSR count). The molecule has 1 unspecified atom stereocenters. The topological polar surface area (TPSA) is 33.4 Å². The summed E-state index contributed by atoms with van der Waals surface area (Å²) >= 11 is 0. The summed E-state index contributed by atoms with van der Waals surface area (Å²) in [6, 6.07) is 17.4. The largest absolute Gasteiger partial charge is 0.458 e. The highest BCUT2D eigenvalue weighted by molar-refractivity contribution is 5.81. The van der Waals surface area contributed by atoms with Gasteiger partial charge in [0, 0.05) is 5.39 Å². The third-order valence-corrected chi connectivity index (χ3v) is 3.14. The van der Waals surface area contributed by atoms with Crippen molar-refractivity contribution in [1.82, 2.24) is 0 Å². The van der Waals surface area contributed by atoms with Gasteiger partial charge < -0.3 is 9.52 Å². The minimum Gasteiger partial charge on any atom is -0.458 e. The molecular weight excluding hydrogens is 224 g/mol. The summed E-state index contributed by atoms with van der Waals surface area (Å²) in [5, 5.41) is 11.3. The maximum Gasteiger partial charge on any atom is 0.138 e. The molecule has 1 N–H and O–H groups in total. The standard InChI is InChI=1S/C16H14O2/c1-11-6-5-9-13-10-14(18-16(11)13)15(17)12-7-3-2-4-8-12/h2-10,15,17H,1H3. The fourth-order valence-corrected chi connectivity index (χ4v) is 2.16. The highest BCUT2D eigenvalue weighted by atomic mass is 16.4. The van der Waals surface area contributed by atoms with Gasteiger partial charge in [0.2, 0.25) is 0 Å². The van der Waals surface area contributed by atoms with E-state index in [2.05, 4.69) is 0 Å². The van der Waals surface area contributed by atoms with Crippen LogP contribution in [0.5, 0.6) is 0 Å². The van der Waals surface area contributed by atoms with Crippen LogP contribution in [0, 0.1) is 6.92 Å². The van der Waals surface area contributed by atoms with Gasteiger partial charge in [-0.25, -0.2) is 0 Å². The highest BCUT2D eigenvalue weighted by Gasteiger charge is 2.15. The molecule has 90 valence electrons. The van der Waals surface area contributed by atoms with Crippen molar-refractivity contribution in [2.45, 2.75) is 13.0 Å². The van der Waals surface area contributed by atoms with Crippen molar-refractivity contribution in [2.75, 3.05) is 0 Å². The van der Waals surface area contributed by atoms with E-state index in [-0.39, 0.29) is 0 Å². The van der Waals surface area contributed by atoms with Gasteiger partial charge in [0.15, 0.2) is 0 Å². The van der Waals surface area contributed by atoms with Crippen LogP contribution < -0.4 is 0 Å². The first-order valence-electron chi connectivity index (χ1n) is 5.98. The Balaban J connectivity index is 2.07. The molecule has 0 radical (unpaired) electrons. The van der Waals surface area contributed by atoms with Crippen LogP contribution in [0.3, 0.4) is 0 Å². The van der Waals surface area contributed by atoms with Gasteiger partial charge in [-0.3, -0.25) is 0 Å². The molecule has 0 saturated carbocycles. The second kappa shape index (κ2) is 4.31. The number of furan rings is 1. The van der Waals surface area contributed by atoms with E-state index >= 15 is 0 Å². The average Bonchev–Trinajstić information content (AvgIpc) is 2.84. The molecule has 0 amide bonds. The third-order valence-electron chi connectivity index (χ3n) is 3.14. The van der Waals surface area contributed by atoms with Crippen LogP contribution in [0.4, 0.5) is 0 Å². The maximum atomic E-state index is 10.3. The normalized spacial score (nSPS) is 12.8. The predicted molar refractivity (Wildman–Crippen MR) is 71.5 cm³/mol. The van der Waals surface area contributed by atoms with Gasteiger partial charge in [-0.2, -0.15) is 0 Å². The Morgan fingerprint density at radius 2 is 1.78 bits per heavy atom. The van der Waals surface area contributed by atoms with E-state index in [9.17, 15) is 5.11 Å². The average molecular weight is 238 g/mol. The van der Waals surface area contributed by atoms with Crippen LogP contribution in [0.15, 0.2) is 59.0 Å². The number of hydrogen-bond acceptors (Lipinski definition) is 2. The van der Waals surface area contributed by atoms with Crippen LogP contribution in [0.2, 0.25) is 0 Å². The van der Waals surface area contributed by atoms with Crippen LogP contribution in [0.1, 0.15) is 23.0 Å². The third kappa shape index (κ3) is 1.81. The number of aryl methyl sites for hydroxylation is 1. The van der Waals surface area contributed by atoms with Crippen molar-refractivity contribution in [3.05, 3.63) is 71.5 Å². The number of benzene rings is 2. The molecule has 2 nitrogen and oxygen atoms in total. The molecule has 1 heterocycles. The number of aliphatic hydroxyl groups excluding tert-OH is 1. The lowest BCUT2D eigenvalue weighted by atomic mass is 10.1. The van der Waals surface area contributed by atoms with E-state index in [0.29, 0.717) is 5.76 Å². The molecule has 0 aliphatic carbocycles. The molecule has 18 heavy (non-hydrogen) atoms. The zero-order valence-corrected chi connectivity index (χ0v) is 10.1. The maximum absolute atomic E-state index is 10.3. The predicted octanol–water partition coefficient (Wildman–Crippen LogP) is 3.82. The summed E-state index contributed by atoms with van der Waals surface area (Å²) in [6.07, 6.45) is -0.710. The van der Waals surface area contributed by atoms with E-state index in [1.807, 2.05) is 61.5 Å². The molecule has 0 aliphatic heterocycles. The van der Waals surface area contributed by atoms with Gasteiger partial charge >= 0.3 is 0 Å². The molecule has 3 aromatic rings. The van der Waals surface area contributed by atoms with Crippen LogP contribution in [0.25, 0.3) is 11.0 Å². The summed E-state index contributed by atoms with van der Waals surface area (Å²) < 4.78 is 5.77. The lowest BCUT2D eigenvalue weighted by Crippen LogP contribution is -1.96. The lowest BCUT2D eigenvalue weighted by Gasteiger charge is -2.06. The molecule has 2 heteroatoms. The Morgan fingerprint density at radius 1 is 1.00 bits per heavy atom. The molecule has 0 spiro atoms. The summed E-state index contributed by atoms with van der Waals surface area (Å²) in [4.78, 5) is 0. The Kier molecular flexibility index (Phi) is 2.65. The van der Waals surface area contributed by atoms with Crippen LogP contribution >= 0.6 is 0 Å². The van der Waals surface area contributed by atoms with E-state index in [1.165, 1.54) is 0 Å². The second-order valence-electron chi connectivity index (χ2n) is 4.46. The van der Waals surface area contributed by atoms with Gasteiger partial charge in [-0.15, -0.1) is 0 Å². The van der Waals surface area contributed by atoms with Crippen molar-refractivity contribution in [3.8, 4) is 0 Å². The minimum atomic E-state index is -0.710.